The van der Waals surface area contributed by atoms with Gasteiger partial charge in [-0.2, -0.15) is 13.2 Å². The van der Waals surface area contributed by atoms with E-state index in [1.807, 2.05) is 4.90 Å². The normalized spacial score (nSPS) is 28.2. The Bertz CT molecular complexity index is 777. The molecule has 0 spiro atoms. The number of hydrogen-bond donors (Lipinski definition) is 1. The van der Waals surface area contributed by atoms with Gasteiger partial charge in [-0.25, -0.2) is 0 Å². The lowest BCUT2D eigenvalue weighted by molar-refractivity contribution is -0.140. The molecule has 0 bridgehead atoms. The molecule has 3 fully saturated rings. The highest BCUT2D eigenvalue weighted by atomic mass is 19.4. The Kier molecular flexibility index (Phi) is 7.26. The van der Waals surface area contributed by atoms with Crippen molar-refractivity contribution < 1.29 is 18.3 Å². The minimum absolute atomic E-state index is 0.0444. The second-order valence-corrected chi connectivity index (χ2v) is 9.33. The number of alkyl halides is 3. The van der Waals surface area contributed by atoms with Crippen molar-refractivity contribution in [1.29, 1.82) is 0 Å². The van der Waals surface area contributed by atoms with Crippen molar-refractivity contribution in [1.82, 2.24) is 9.80 Å². The van der Waals surface area contributed by atoms with Crippen LogP contribution in [0.25, 0.3) is 0 Å². The molecule has 0 aromatic heterocycles. The molecule has 1 saturated carbocycles. The summed E-state index contributed by atoms with van der Waals surface area (Å²) in [5.41, 5.74) is 2.17. The maximum atomic E-state index is 12.8. The zero-order chi connectivity index (χ0) is 21.8. The molecular formula is C25H33F3N2O. The number of aliphatic hydroxyl groups excluding tert-OH is 1. The average molecular weight is 435 g/mol. The Balaban J connectivity index is 1.45. The summed E-state index contributed by atoms with van der Waals surface area (Å²) < 4.78 is 38.3. The van der Waals surface area contributed by atoms with Gasteiger partial charge in [-0.15, -0.1) is 0 Å². The van der Waals surface area contributed by atoms with E-state index in [4.69, 9.17) is 0 Å². The molecule has 0 amide bonds. The number of fused-ring (bicyclic) bond motifs is 1. The van der Waals surface area contributed by atoms with Crippen molar-refractivity contribution in [2.75, 3.05) is 32.8 Å². The largest absolute Gasteiger partial charge is 0.395 e. The van der Waals surface area contributed by atoms with Crippen LogP contribution in [-0.4, -0.2) is 66.0 Å². The first-order valence-electron chi connectivity index (χ1n) is 11.7. The average Bonchev–Trinajstić information content (AvgIpc) is 3.24. The predicted octanol–water partition coefficient (Wildman–Crippen LogP) is 4.41. The lowest BCUT2D eigenvalue weighted by atomic mass is 9.74. The topological polar surface area (TPSA) is 26.7 Å². The highest BCUT2D eigenvalue weighted by molar-refractivity contribution is 5.39. The summed E-state index contributed by atoms with van der Waals surface area (Å²) in [5.74, 6) is 7.36. The van der Waals surface area contributed by atoms with Crippen LogP contribution in [-0.2, 0) is 0 Å². The van der Waals surface area contributed by atoms with Crippen molar-refractivity contribution in [3.8, 4) is 11.8 Å². The van der Waals surface area contributed by atoms with Gasteiger partial charge in [0.25, 0.3) is 0 Å². The SMILES string of the molecule is OC[C@H]1[C@H](c2ccc(C#CC3CCCC3)cc2)[C@@H]2CN(CCC(F)(F)F)CCCCN12. The van der Waals surface area contributed by atoms with Crippen LogP contribution < -0.4 is 0 Å². The van der Waals surface area contributed by atoms with Gasteiger partial charge < -0.3 is 10.0 Å². The number of rotatable bonds is 4. The van der Waals surface area contributed by atoms with Gasteiger partial charge in [-0.3, -0.25) is 4.90 Å². The Morgan fingerprint density at radius 1 is 1.00 bits per heavy atom. The monoisotopic (exact) mass is 434 g/mol. The number of benzene rings is 1. The lowest BCUT2D eigenvalue weighted by Crippen LogP contribution is -2.67. The molecule has 1 aromatic rings. The zero-order valence-corrected chi connectivity index (χ0v) is 18.1. The minimum atomic E-state index is -4.12. The quantitative estimate of drug-likeness (QED) is 0.712. The van der Waals surface area contributed by atoms with Gasteiger partial charge in [-0.1, -0.05) is 36.8 Å². The molecule has 2 saturated heterocycles. The van der Waals surface area contributed by atoms with Crippen molar-refractivity contribution in [2.24, 2.45) is 5.92 Å². The Morgan fingerprint density at radius 3 is 2.39 bits per heavy atom. The van der Waals surface area contributed by atoms with Crippen LogP contribution in [0.4, 0.5) is 13.2 Å². The fourth-order valence-corrected chi connectivity index (χ4v) is 5.54. The smallest absolute Gasteiger partial charge is 0.390 e. The van der Waals surface area contributed by atoms with Crippen LogP contribution in [0.3, 0.4) is 0 Å². The molecular weight excluding hydrogens is 401 g/mol. The van der Waals surface area contributed by atoms with E-state index < -0.39 is 12.6 Å². The van der Waals surface area contributed by atoms with Crippen molar-refractivity contribution >= 4 is 0 Å². The van der Waals surface area contributed by atoms with Gasteiger partial charge in [0.15, 0.2) is 0 Å². The van der Waals surface area contributed by atoms with Crippen LogP contribution in [0.2, 0.25) is 0 Å². The molecule has 1 aliphatic carbocycles. The molecule has 2 aliphatic heterocycles. The molecule has 170 valence electrons. The fraction of sp³-hybridized carbons (Fsp3) is 0.680. The Labute approximate surface area is 183 Å². The standard InChI is InChI=1S/C25H33F3N2O/c26-25(27,28)13-16-29-14-3-4-15-30-22(17-29)24(23(30)18-31)21-11-9-20(10-12-21)8-7-19-5-1-2-6-19/h9-12,19,22-24,31H,1-6,13-18H2/t22-,23-,24+/m0/s1. The minimum Gasteiger partial charge on any atom is -0.395 e. The van der Waals surface area contributed by atoms with Gasteiger partial charge in [-0.05, 0) is 56.5 Å². The van der Waals surface area contributed by atoms with Gasteiger partial charge in [0.1, 0.15) is 0 Å². The molecule has 31 heavy (non-hydrogen) atoms. The van der Waals surface area contributed by atoms with Crippen LogP contribution in [0.15, 0.2) is 24.3 Å². The number of nitrogens with zero attached hydrogens (tertiary/aromatic N) is 2. The van der Waals surface area contributed by atoms with Crippen molar-refractivity contribution in [3.63, 3.8) is 0 Å². The summed E-state index contributed by atoms with van der Waals surface area (Å²) in [6, 6.07) is 8.51. The Hall–Kier alpha value is -1.55. The van der Waals surface area contributed by atoms with E-state index in [0.29, 0.717) is 19.0 Å². The van der Waals surface area contributed by atoms with Crippen LogP contribution in [0.1, 0.15) is 62.0 Å². The molecule has 1 aromatic carbocycles. The fourth-order valence-electron chi connectivity index (χ4n) is 5.54. The van der Waals surface area contributed by atoms with Gasteiger partial charge in [0.2, 0.25) is 0 Å². The molecule has 2 heterocycles. The number of aliphatic hydroxyl groups is 1. The van der Waals surface area contributed by atoms with E-state index in [1.165, 1.54) is 25.7 Å². The molecule has 1 N–H and O–H groups in total. The highest BCUT2D eigenvalue weighted by Crippen LogP contribution is 2.42. The molecule has 6 heteroatoms. The van der Waals surface area contributed by atoms with E-state index >= 15 is 0 Å². The third kappa shape index (κ3) is 5.63. The second kappa shape index (κ2) is 9.94. The van der Waals surface area contributed by atoms with E-state index in [-0.39, 0.29) is 31.2 Å². The van der Waals surface area contributed by atoms with Crippen LogP contribution in [0.5, 0.6) is 0 Å². The summed E-state index contributed by atoms with van der Waals surface area (Å²) in [6.45, 7) is 2.38. The van der Waals surface area contributed by atoms with E-state index in [1.54, 1.807) is 0 Å². The Morgan fingerprint density at radius 2 is 1.71 bits per heavy atom. The molecule has 0 unspecified atom stereocenters. The first kappa shape index (κ1) is 22.6. The third-order valence-corrected chi connectivity index (χ3v) is 7.24. The zero-order valence-electron chi connectivity index (χ0n) is 18.1. The van der Waals surface area contributed by atoms with Gasteiger partial charge >= 0.3 is 6.18 Å². The molecule has 4 rings (SSSR count). The van der Waals surface area contributed by atoms with Crippen molar-refractivity contribution in [2.45, 2.75) is 69.1 Å². The summed E-state index contributed by atoms with van der Waals surface area (Å²) in [7, 11) is 0. The summed E-state index contributed by atoms with van der Waals surface area (Å²) in [5, 5.41) is 10.0. The van der Waals surface area contributed by atoms with Crippen molar-refractivity contribution in [3.05, 3.63) is 35.4 Å². The van der Waals surface area contributed by atoms with Gasteiger partial charge in [0, 0.05) is 42.6 Å². The first-order valence-corrected chi connectivity index (χ1v) is 11.7. The van der Waals surface area contributed by atoms with Gasteiger partial charge in [0.05, 0.1) is 13.0 Å². The summed E-state index contributed by atoms with van der Waals surface area (Å²) >= 11 is 0. The molecule has 3 nitrogen and oxygen atoms in total. The summed E-state index contributed by atoms with van der Waals surface area (Å²) in [4.78, 5) is 4.27. The first-order chi connectivity index (χ1) is 14.9. The number of hydrogen-bond acceptors (Lipinski definition) is 3. The number of halogens is 3. The lowest BCUT2D eigenvalue weighted by Gasteiger charge is -2.57. The molecule has 3 atom stereocenters. The van der Waals surface area contributed by atoms with E-state index in [2.05, 4.69) is 41.0 Å². The molecule has 0 radical (unpaired) electrons. The molecule has 3 aliphatic rings. The van der Waals surface area contributed by atoms with Crippen LogP contribution in [0, 0.1) is 17.8 Å². The third-order valence-electron chi connectivity index (χ3n) is 7.24. The second-order valence-electron chi connectivity index (χ2n) is 9.33. The highest BCUT2D eigenvalue weighted by Gasteiger charge is 2.49. The maximum absolute atomic E-state index is 12.8. The van der Waals surface area contributed by atoms with Crippen LogP contribution >= 0.6 is 0 Å². The van der Waals surface area contributed by atoms with E-state index in [9.17, 15) is 18.3 Å². The van der Waals surface area contributed by atoms with E-state index in [0.717, 1.165) is 30.5 Å². The predicted molar refractivity (Wildman–Crippen MR) is 116 cm³/mol. The maximum Gasteiger partial charge on any atom is 0.390 e. The summed E-state index contributed by atoms with van der Waals surface area (Å²) in [6.07, 6.45) is 1.94.